The number of carbonyl (C=O) groups excluding carboxylic acids is 1. The highest BCUT2D eigenvalue weighted by molar-refractivity contribution is 8.04. The van der Waals surface area contributed by atoms with Crippen molar-refractivity contribution in [3.63, 3.8) is 0 Å². The minimum atomic E-state index is -0.972. The molecular weight excluding hydrogens is 252 g/mol. The number of carboxylic acid groups (broad SMARTS) is 1. The zero-order chi connectivity index (χ0) is 13.1. The molecule has 2 aliphatic rings. The lowest BCUT2D eigenvalue weighted by atomic mass is 10.1. The van der Waals surface area contributed by atoms with Crippen LogP contribution >= 0.6 is 11.8 Å². The van der Waals surface area contributed by atoms with Gasteiger partial charge in [-0.2, -0.15) is 0 Å². The summed E-state index contributed by atoms with van der Waals surface area (Å²) < 4.78 is 0. The SMILES string of the molecule is CCNCCCCC1=C(C(=O)O)N2C(=O)C[C@@H]2S1. The quantitative estimate of drug-likeness (QED) is 0.540. The third-order valence-electron chi connectivity index (χ3n) is 3.15. The number of fused-ring (bicyclic) bond motifs is 1. The molecule has 0 aromatic heterocycles. The molecule has 0 aromatic rings. The minimum Gasteiger partial charge on any atom is -0.477 e. The predicted molar refractivity (Wildman–Crippen MR) is 69.9 cm³/mol. The van der Waals surface area contributed by atoms with E-state index in [0.29, 0.717) is 6.42 Å². The van der Waals surface area contributed by atoms with Crippen molar-refractivity contribution in [3.05, 3.63) is 10.6 Å². The number of unbranched alkanes of at least 4 members (excludes halogenated alkanes) is 1. The summed E-state index contributed by atoms with van der Waals surface area (Å²) in [6, 6.07) is 0. The second kappa shape index (κ2) is 5.75. The maximum absolute atomic E-state index is 11.4. The molecule has 0 spiro atoms. The van der Waals surface area contributed by atoms with E-state index in [-0.39, 0.29) is 17.0 Å². The van der Waals surface area contributed by atoms with Crippen LogP contribution in [0.15, 0.2) is 10.6 Å². The van der Waals surface area contributed by atoms with Gasteiger partial charge in [-0.25, -0.2) is 4.79 Å². The molecule has 1 saturated heterocycles. The summed E-state index contributed by atoms with van der Waals surface area (Å²) in [5.41, 5.74) is 0.227. The van der Waals surface area contributed by atoms with E-state index in [1.807, 2.05) is 0 Å². The number of β-lactam (4-membered cyclic amide) rings is 1. The van der Waals surface area contributed by atoms with Gasteiger partial charge in [0, 0.05) is 4.91 Å². The zero-order valence-corrected chi connectivity index (χ0v) is 11.3. The normalized spacial score (nSPS) is 22.2. The van der Waals surface area contributed by atoms with Crippen LogP contribution in [0.25, 0.3) is 0 Å². The number of allylic oxidation sites excluding steroid dienone is 1. The van der Waals surface area contributed by atoms with Crippen molar-refractivity contribution in [3.8, 4) is 0 Å². The molecule has 1 atom stereocenters. The van der Waals surface area contributed by atoms with Crippen LogP contribution in [0.5, 0.6) is 0 Å². The van der Waals surface area contributed by atoms with E-state index >= 15 is 0 Å². The van der Waals surface area contributed by atoms with Crippen LogP contribution in [-0.4, -0.2) is 40.3 Å². The molecule has 2 N–H and O–H groups in total. The smallest absolute Gasteiger partial charge is 0.353 e. The molecule has 6 heteroatoms. The van der Waals surface area contributed by atoms with E-state index in [0.717, 1.165) is 37.3 Å². The molecular formula is C12H18N2O3S. The van der Waals surface area contributed by atoms with Crippen LogP contribution in [0.2, 0.25) is 0 Å². The zero-order valence-electron chi connectivity index (χ0n) is 10.4. The first kappa shape index (κ1) is 13.4. The fourth-order valence-electron chi connectivity index (χ4n) is 2.22. The van der Waals surface area contributed by atoms with Gasteiger partial charge in [-0.1, -0.05) is 6.92 Å². The number of thioether (sulfide) groups is 1. The Labute approximate surface area is 111 Å². The molecule has 5 nitrogen and oxygen atoms in total. The molecule has 0 saturated carbocycles. The van der Waals surface area contributed by atoms with Crippen LogP contribution in [0, 0.1) is 0 Å². The van der Waals surface area contributed by atoms with E-state index in [9.17, 15) is 14.7 Å². The highest BCUT2D eigenvalue weighted by Gasteiger charge is 2.47. The topological polar surface area (TPSA) is 69.6 Å². The third-order valence-corrected chi connectivity index (χ3v) is 4.48. The summed E-state index contributed by atoms with van der Waals surface area (Å²) in [7, 11) is 0. The fraction of sp³-hybridized carbons (Fsp3) is 0.667. The number of carboxylic acids is 1. The van der Waals surface area contributed by atoms with E-state index < -0.39 is 5.97 Å². The molecule has 100 valence electrons. The summed E-state index contributed by atoms with van der Waals surface area (Å²) >= 11 is 1.55. The second-order valence-electron chi connectivity index (χ2n) is 4.43. The Balaban J connectivity index is 1.90. The summed E-state index contributed by atoms with van der Waals surface area (Å²) in [6.45, 7) is 3.99. The van der Waals surface area contributed by atoms with E-state index in [2.05, 4.69) is 12.2 Å². The van der Waals surface area contributed by atoms with Crippen molar-refractivity contribution in [2.24, 2.45) is 0 Å². The van der Waals surface area contributed by atoms with E-state index in [4.69, 9.17) is 0 Å². The number of nitrogens with one attached hydrogen (secondary N) is 1. The van der Waals surface area contributed by atoms with Crippen molar-refractivity contribution in [1.29, 1.82) is 0 Å². The van der Waals surface area contributed by atoms with Crippen LogP contribution in [-0.2, 0) is 9.59 Å². The number of amides is 1. The number of rotatable bonds is 7. The van der Waals surface area contributed by atoms with Crippen LogP contribution < -0.4 is 5.32 Å². The van der Waals surface area contributed by atoms with Crippen molar-refractivity contribution >= 4 is 23.6 Å². The number of hydrogen-bond donors (Lipinski definition) is 2. The van der Waals surface area contributed by atoms with Gasteiger partial charge in [-0.05, 0) is 32.4 Å². The Morgan fingerprint density at radius 3 is 2.94 bits per heavy atom. The molecule has 0 aliphatic carbocycles. The molecule has 0 radical (unpaired) electrons. The lowest BCUT2D eigenvalue weighted by Crippen LogP contribution is -2.48. The third kappa shape index (κ3) is 2.54. The summed E-state index contributed by atoms with van der Waals surface area (Å²) in [5.74, 6) is -1.03. The number of hydrogen-bond acceptors (Lipinski definition) is 4. The fourth-order valence-corrected chi connectivity index (χ4v) is 3.66. The van der Waals surface area contributed by atoms with Gasteiger partial charge >= 0.3 is 5.97 Å². The van der Waals surface area contributed by atoms with Crippen LogP contribution in [0.3, 0.4) is 0 Å². The maximum atomic E-state index is 11.4. The van der Waals surface area contributed by atoms with Crippen molar-refractivity contribution in [2.45, 2.75) is 38.0 Å². The Kier molecular flexibility index (Phi) is 4.29. The Morgan fingerprint density at radius 1 is 1.56 bits per heavy atom. The molecule has 1 amide bonds. The average molecular weight is 270 g/mol. The van der Waals surface area contributed by atoms with Crippen LogP contribution in [0.4, 0.5) is 0 Å². The Bertz CT molecular complexity index is 395. The molecule has 1 fully saturated rings. The van der Waals surface area contributed by atoms with E-state index in [1.54, 1.807) is 11.8 Å². The monoisotopic (exact) mass is 270 g/mol. The van der Waals surface area contributed by atoms with Crippen LogP contribution in [0.1, 0.15) is 32.6 Å². The van der Waals surface area contributed by atoms with Crippen molar-refractivity contribution in [1.82, 2.24) is 10.2 Å². The first-order valence-electron chi connectivity index (χ1n) is 6.31. The first-order chi connectivity index (χ1) is 8.65. The minimum absolute atomic E-state index is 0.0485. The number of carbonyl (C=O) groups is 2. The van der Waals surface area contributed by atoms with Gasteiger partial charge < -0.3 is 10.4 Å². The maximum Gasteiger partial charge on any atom is 0.353 e. The second-order valence-corrected chi connectivity index (χ2v) is 5.70. The number of aliphatic carboxylic acids is 1. The summed E-state index contributed by atoms with van der Waals surface area (Å²) in [5, 5.41) is 12.5. The first-order valence-corrected chi connectivity index (χ1v) is 7.19. The highest BCUT2D eigenvalue weighted by Crippen LogP contribution is 2.47. The molecule has 2 aliphatic heterocycles. The number of nitrogens with zero attached hydrogens (tertiary/aromatic N) is 1. The average Bonchev–Trinajstić information content (AvgIpc) is 2.62. The molecule has 0 aromatic carbocycles. The van der Waals surface area contributed by atoms with Crippen molar-refractivity contribution in [2.75, 3.05) is 13.1 Å². The van der Waals surface area contributed by atoms with Crippen molar-refractivity contribution < 1.29 is 14.7 Å². The standard InChI is InChI=1S/C12H18N2O3S/c1-2-13-6-4-3-5-8-11(12(16)17)14-9(15)7-10(14)18-8/h10,13H,2-7H2,1H3,(H,16,17)/t10-/m0/s1. The molecule has 2 heterocycles. The Hall–Kier alpha value is -1.01. The summed E-state index contributed by atoms with van der Waals surface area (Å²) in [6.07, 6.45) is 3.23. The van der Waals surface area contributed by atoms with E-state index in [1.165, 1.54) is 4.90 Å². The van der Waals surface area contributed by atoms with Gasteiger partial charge in [0.25, 0.3) is 0 Å². The molecule has 18 heavy (non-hydrogen) atoms. The van der Waals surface area contributed by atoms with Gasteiger partial charge in [-0.3, -0.25) is 9.69 Å². The molecule has 2 rings (SSSR count). The lowest BCUT2D eigenvalue weighted by Gasteiger charge is -2.33. The molecule has 0 unspecified atom stereocenters. The van der Waals surface area contributed by atoms with Gasteiger partial charge in [0.1, 0.15) is 5.70 Å². The summed E-state index contributed by atoms with van der Waals surface area (Å²) in [4.78, 5) is 24.9. The molecule has 0 bridgehead atoms. The van der Waals surface area contributed by atoms with Gasteiger partial charge in [0.05, 0.1) is 11.8 Å². The lowest BCUT2D eigenvalue weighted by molar-refractivity contribution is -0.145. The Morgan fingerprint density at radius 2 is 2.33 bits per heavy atom. The largest absolute Gasteiger partial charge is 0.477 e. The van der Waals surface area contributed by atoms with Gasteiger partial charge in [0.2, 0.25) is 5.91 Å². The predicted octanol–water partition coefficient (Wildman–Crippen LogP) is 1.37. The highest BCUT2D eigenvalue weighted by atomic mass is 32.2. The van der Waals surface area contributed by atoms with Gasteiger partial charge in [0.15, 0.2) is 0 Å². The van der Waals surface area contributed by atoms with Gasteiger partial charge in [-0.15, -0.1) is 11.8 Å².